The number of hydrogen-bond acceptors (Lipinski definition) is 12. The molecule has 0 spiro atoms. The number of carboxylic acid groups (broad SMARTS) is 2. The summed E-state index contributed by atoms with van der Waals surface area (Å²) in [6, 6.07) is 1.03. The summed E-state index contributed by atoms with van der Waals surface area (Å²) in [5.74, 6) is -3.76. The molecule has 0 aromatic carbocycles. The fraction of sp³-hybridized carbons (Fsp3) is 0.400. The summed E-state index contributed by atoms with van der Waals surface area (Å²) >= 11 is 3.57. The van der Waals surface area contributed by atoms with Gasteiger partial charge in [0.05, 0.1) is 0 Å². The predicted molar refractivity (Wildman–Crippen MR) is 136 cm³/mol. The van der Waals surface area contributed by atoms with E-state index in [0.717, 1.165) is 16.2 Å². The van der Waals surface area contributed by atoms with Crippen LogP contribution >= 0.6 is 34.9 Å². The van der Waals surface area contributed by atoms with Crippen molar-refractivity contribution in [2.75, 3.05) is 25.2 Å². The van der Waals surface area contributed by atoms with Crippen LogP contribution in [0.4, 0.5) is 4.79 Å². The van der Waals surface area contributed by atoms with Gasteiger partial charge in [0.15, 0.2) is 0 Å². The number of methoxy groups -OCH3 is 1. The number of fused-ring (bicyclic) bond motifs is 1. The Morgan fingerprint density at radius 2 is 2.10 bits per heavy atom. The predicted octanol–water partition coefficient (Wildman–Crippen LogP) is -0.798. The minimum absolute atomic E-state index is 0.210. The smallest absolute Gasteiger partial charge is 0.352 e. The van der Waals surface area contributed by atoms with Crippen LogP contribution in [0.2, 0.25) is 0 Å². The van der Waals surface area contributed by atoms with Gasteiger partial charge in [-0.05, 0) is 27.4 Å². The molecule has 2 aromatic rings. The number of thiophene rings is 1. The van der Waals surface area contributed by atoms with Crippen molar-refractivity contribution in [1.82, 2.24) is 41.1 Å². The van der Waals surface area contributed by atoms with Crippen molar-refractivity contribution in [2.45, 2.75) is 22.3 Å². The van der Waals surface area contributed by atoms with Gasteiger partial charge in [-0.3, -0.25) is 19.3 Å². The van der Waals surface area contributed by atoms with E-state index < -0.39 is 53.5 Å². The zero-order chi connectivity index (χ0) is 28.3. The third-order valence-electron chi connectivity index (χ3n) is 5.67. The van der Waals surface area contributed by atoms with Crippen LogP contribution in [0.1, 0.15) is 10.9 Å². The first-order chi connectivity index (χ1) is 18.6. The van der Waals surface area contributed by atoms with E-state index >= 15 is 0 Å². The molecule has 4 heterocycles. The van der Waals surface area contributed by atoms with Gasteiger partial charge in [0.1, 0.15) is 23.7 Å². The molecule has 208 valence electrons. The number of β-lactam (4-membered cyclic amide) rings is 1. The lowest BCUT2D eigenvalue weighted by molar-refractivity contribution is -0.192. The van der Waals surface area contributed by atoms with Gasteiger partial charge >= 0.3 is 18.0 Å². The SMILES string of the molecule is CO[C@]1(NC(=O)C(NC(=O)NCC(=O)O)c2cccs2)C(=O)N2C(C(=O)O)=C(CSc3nnnn3C)CSC21. The Morgan fingerprint density at radius 3 is 2.69 bits per heavy atom. The van der Waals surface area contributed by atoms with Crippen LogP contribution in [-0.4, -0.2) is 101 Å². The molecule has 2 unspecified atom stereocenters. The van der Waals surface area contributed by atoms with Crippen LogP contribution < -0.4 is 16.0 Å². The monoisotopic (exact) mass is 598 g/mol. The molecule has 1 fully saturated rings. The van der Waals surface area contributed by atoms with E-state index in [0.29, 0.717) is 15.6 Å². The molecule has 2 aliphatic rings. The summed E-state index contributed by atoms with van der Waals surface area (Å²) < 4.78 is 6.91. The van der Waals surface area contributed by atoms with Gasteiger partial charge in [0.2, 0.25) is 5.16 Å². The van der Waals surface area contributed by atoms with Crippen LogP contribution in [0.25, 0.3) is 0 Å². The molecule has 2 aliphatic heterocycles. The number of thioether (sulfide) groups is 2. The molecule has 0 bridgehead atoms. The van der Waals surface area contributed by atoms with Crippen LogP contribution in [-0.2, 0) is 31.0 Å². The van der Waals surface area contributed by atoms with Crippen molar-refractivity contribution in [3.05, 3.63) is 33.7 Å². The minimum Gasteiger partial charge on any atom is -0.480 e. The summed E-state index contributed by atoms with van der Waals surface area (Å²) in [4.78, 5) is 63.5. The summed E-state index contributed by atoms with van der Waals surface area (Å²) in [6.45, 7) is -0.670. The van der Waals surface area contributed by atoms with Gasteiger partial charge < -0.3 is 30.9 Å². The number of hydrogen-bond donors (Lipinski definition) is 5. The van der Waals surface area contributed by atoms with E-state index in [1.54, 1.807) is 24.6 Å². The van der Waals surface area contributed by atoms with Gasteiger partial charge in [-0.15, -0.1) is 28.2 Å². The second kappa shape index (κ2) is 11.6. The van der Waals surface area contributed by atoms with Gasteiger partial charge in [-0.1, -0.05) is 17.8 Å². The lowest BCUT2D eigenvalue weighted by Gasteiger charge is -2.56. The number of aryl methyl sites for hydroxylation is 1. The number of carbonyl (C=O) groups excluding carboxylic acids is 3. The minimum atomic E-state index is -1.90. The Morgan fingerprint density at radius 1 is 1.33 bits per heavy atom. The van der Waals surface area contributed by atoms with E-state index in [-0.39, 0.29) is 17.2 Å². The third-order valence-corrected chi connectivity index (χ3v) is 9.07. The number of tetrazole rings is 1. The fourth-order valence-corrected chi connectivity index (χ4v) is 7.07. The van der Waals surface area contributed by atoms with E-state index in [4.69, 9.17) is 9.84 Å². The highest BCUT2D eigenvalue weighted by Gasteiger charge is 2.67. The molecule has 0 saturated carbocycles. The van der Waals surface area contributed by atoms with Crippen molar-refractivity contribution < 1.29 is 38.9 Å². The second-order valence-electron chi connectivity index (χ2n) is 8.07. The largest absolute Gasteiger partial charge is 0.480 e. The molecule has 0 radical (unpaired) electrons. The van der Waals surface area contributed by atoms with E-state index in [2.05, 4.69) is 31.5 Å². The Labute approximate surface area is 232 Å². The maximum Gasteiger partial charge on any atom is 0.352 e. The van der Waals surface area contributed by atoms with E-state index in [9.17, 15) is 29.1 Å². The number of aromatic nitrogens is 4. The average molecular weight is 599 g/mol. The van der Waals surface area contributed by atoms with Gasteiger partial charge in [-0.25, -0.2) is 14.3 Å². The van der Waals surface area contributed by atoms with Crippen LogP contribution in [0.15, 0.2) is 33.9 Å². The highest BCUT2D eigenvalue weighted by atomic mass is 32.2. The number of rotatable bonds is 11. The van der Waals surface area contributed by atoms with Crippen LogP contribution in [0.3, 0.4) is 0 Å². The zero-order valence-electron chi connectivity index (χ0n) is 20.3. The quantitative estimate of drug-likeness (QED) is 0.122. The topological polar surface area (TPSA) is 218 Å². The van der Waals surface area contributed by atoms with Gasteiger partial charge in [0, 0.05) is 30.5 Å². The Bertz CT molecular complexity index is 1330. The molecule has 39 heavy (non-hydrogen) atoms. The van der Waals surface area contributed by atoms with Gasteiger partial charge in [-0.2, -0.15) is 0 Å². The maximum absolute atomic E-state index is 13.4. The number of carboxylic acids is 2. The number of nitrogens with one attached hydrogen (secondary N) is 3. The number of aliphatic carboxylic acids is 2. The van der Waals surface area contributed by atoms with E-state index in [1.807, 2.05) is 0 Å². The molecule has 5 N–H and O–H groups in total. The summed E-state index contributed by atoms with van der Waals surface area (Å²) in [6.07, 6.45) is 0. The Kier molecular flexibility index (Phi) is 8.42. The maximum atomic E-state index is 13.4. The number of ether oxygens (including phenoxy) is 1. The Hall–Kier alpha value is -3.68. The Balaban J connectivity index is 1.54. The number of urea groups is 1. The molecule has 0 aliphatic carbocycles. The molecular formula is C20H22N8O8S3. The highest BCUT2D eigenvalue weighted by molar-refractivity contribution is 8.01. The van der Waals surface area contributed by atoms with Crippen molar-refractivity contribution in [3.63, 3.8) is 0 Å². The molecule has 2 aromatic heterocycles. The van der Waals surface area contributed by atoms with Crippen molar-refractivity contribution in [2.24, 2.45) is 7.05 Å². The molecule has 4 rings (SSSR count). The number of carbonyl (C=O) groups is 5. The number of amides is 4. The summed E-state index contributed by atoms with van der Waals surface area (Å²) in [5.41, 5.74) is -1.65. The second-order valence-corrected chi connectivity index (χ2v) is 11.1. The molecule has 19 heteroatoms. The standard InChI is InChI=1S/C20H22N8O8S3/c1-27-19(24-25-26-27)39-8-9-7-38-17-20(36-2,16(34)28(17)13(9)15(32)33)23-14(31)12(10-4-3-5-37-10)22-18(35)21-6-11(29)30/h3-5,12,17H,6-8H2,1-2H3,(H,23,31)(H,29,30)(H,32,33)(H2,21,22,35)/t12?,17?,20-/m1/s1. The molecule has 4 amide bonds. The summed E-state index contributed by atoms with van der Waals surface area (Å²) in [5, 5.41) is 38.2. The molecular weight excluding hydrogens is 576 g/mol. The molecule has 1 saturated heterocycles. The van der Waals surface area contributed by atoms with Crippen LogP contribution in [0.5, 0.6) is 0 Å². The van der Waals surface area contributed by atoms with Crippen molar-refractivity contribution in [1.29, 1.82) is 0 Å². The summed E-state index contributed by atoms with van der Waals surface area (Å²) in [7, 11) is 2.85. The first kappa shape index (κ1) is 28.3. The number of nitrogens with zero attached hydrogens (tertiary/aromatic N) is 5. The van der Waals surface area contributed by atoms with E-state index in [1.165, 1.54) is 35.3 Å². The molecule has 3 atom stereocenters. The van der Waals surface area contributed by atoms with Crippen LogP contribution in [0, 0.1) is 0 Å². The lowest BCUT2D eigenvalue weighted by atomic mass is 9.97. The van der Waals surface area contributed by atoms with Crippen molar-refractivity contribution in [3.8, 4) is 0 Å². The van der Waals surface area contributed by atoms with Crippen molar-refractivity contribution >= 4 is 64.6 Å². The third kappa shape index (κ3) is 5.56. The zero-order valence-corrected chi connectivity index (χ0v) is 22.8. The first-order valence-corrected chi connectivity index (χ1v) is 13.9. The first-order valence-electron chi connectivity index (χ1n) is 11.0. The van der Waals surface area contributed by atoms with Gasteiger partial charge in [0.25, 0.3) is 17.5 Å². The average Bonchev–Trinajstić information content (AvgIpc) is 3.58. The highest BCUT2D eigenvalue weighted by Crippen LogP contribution is 2.47. The lowest BCUT2D eigenvalue weighted by Crippen LogP contribution is -2.81. The molecule has 16 nitrogen and oxygen atoms in total. The normalized spacial score (nSPS) is 21.0. The fourth-order valence-electron chi connectivity index (χ4n) is 3.86.